The van der Waals surface area contributed by atoms with Crippen molar-refractivity contribution in [3.63, 3.8) is 0 Å². The summed E-state index contributed by atoms with van der Waals surface area (Å²) < 4.78 is 5.48. The topological polar surface area (TPSA) is 58.6 Å². The first kappa shape index (κ1) is 11.5. The van der Waals surface area contributed by atoms with Crippen LogP contribution in [0.5, 0.6) is 0 Å². The van der Waals surface area contributed by atoms with E-state index in [0.29, 0.717) is 0 Å². The van der Waals surface area contributed by atoms with Crippen molar-refractivity contribution in [3.05, 3.63) is 0 Å². The van der Waals surface area contributed by atoms with Gasteiger partial charge in [0.25, 0.3) is 0 Å². The average molecular weight is 201 g/mol. The maximum atomic E-state index is 10.9. The fourth-order valence-electron chi connectivity index (χ4n) is 1.72. The molecule has 1 aliphatic rings. The predicted molar refractivity (Wildman–Crippen MR) is 53.3 cm³/mol. The van der Waals surface area contributed by atoms with E-state index >= 15 is 0 Å². The number of ether oxygens (including phenoxy) is 1. The minimum absolute atomic E-state index is 0.0867. The molecule has 0 aromatic rings. The Morgan fingerprint density at radius 3 is 2.71 bits per heavy atom. The van der Waals surface area contributed by atoms with Crippen LogP contribution in [0.4, 0.5) is 0 Å². The van der Waals surface area contributed by atoms with Gasteiger partial charge in [-0.15, -0.1) is 0 Å². The Labute approximate surface area is 84.6 Å². The van der Waals surface area contributed by atoms with E-state index in [4.69, 9.17) is 9.84 Å². The van der Waals surface area contributed by atoms with Crippen molar-refractivity contribution in [2.24, 2.45) is 0 Å². The fraction of sp³-hybridized carbons (Fsp3) is 0.900. The Bertz CT molecular complexity index is 209. The quantitative estimate of drug-likeness (QED) is 0.712. The second-order valence-electron chi connectivity index (χ2n) is 4.41. The van der Waals surface area contributed by atoms with E-state index in [-0.39, 0.29) is 12.1 Å². The van der Waals surface area contributed by atoms with Crippen molar-refractivity contribution in [2.45, 2.75) is 51.3 Å². The van der Waals surface area contributed by atoms with E-state index in [1.807, 2.05) is 6.92 Å². The van der Waals surface area contributed by atoms with Gasteiger partial charge >= 0.3 is 5.97 Å². The van der Waals surface area contributed by atoms with Crippen LogP contribution < -0.4 is 5.32 Å². The summed E-state index contributed by atoms with van der Waals surface area (Å²) in [6.45, 7) is 6.10. The first-order valence-corrected chi connectivity index (χ1v) is 5.06. The van der Waals surface area contributed by atoms with Gasteiger partial charge < -0.3 is 9.84 Å². The molecular weight excluding hydrogens is 182 g/mol. The fourth-order valence-corrected chi connectivity index (χ4v) is 1.72. The molecular formula is C10H19NO3. The van der Waals surface area contributed by atoms with Crippen LogP contribution in [0, 0.1) is 0 Å². The summed E-state index contributed by atoms with van der Waals surface area (Å²) in [7, 11) is 0. The Hall–Kier alpha value is -0.610. The summed E-state index contributed by atoms with van der Waals surface area (Å²) in [4.78, 5) is 10.9. The van der Waals surface area contributed by atoms with Crippen molar-refractivity contribution < 1.29 is 14.6 Å². The summed E-state index contributed by atoms with van der Waals surface area (Å²) in [5, 5.41) is 12.0. The molecule has 1 heterocycles. The van der Waals surface area contributed by atoms with Gasteiger partial charge in [0.2, 0.25) is 0 Å². The number of rotatable bonds is 4. The predicted octanol–water partition coefficient (Wildman–Crippen LogP) is 1.01. The van der Waals surface area contributed by atoms with Gasteiger partial charge in [-0.05, 0) is 33.6 Å². The van der Waals surface area contributed by atoms with Gasteiger partial charge in [-0.1, -0.05) is 0 Å². The first-order chi connectivity index (χ1) is 6.43. The Kier molecular flexibility index (Phi) is 3.50. The second-order valence-corrected chi connectivity index (χ2v) is 4.41. The summed E-state index contributed by atoms with van der Waals surface area (Å²) in [6, 6.07) is 0.0867. The molecule has 2 N–H and O–H groups in total. The minimum Gasteiger partial charge on any atom is -0.480 e. The zero-order valence-electron chi connectivity index (χ0n) is 9.04. The van der Waals surface area contributed by atoms with Crippen molar-refractivity contribution in [1.82, 2.24) is 5.32 Å². The molecule has 1 aliphatic heterocycles. The molecule has 0 bridgehead atoms. The number of carboxylic acid groups (broad SMARTS) is 1. The number of carboxylic acids is 1. The zero-order chi connectivity index (χ0) is 10.8. The van der Waals surface area contributed by atoms with Crippen LogP contribution >= 0.6 is 0 Å². The van der Waals surface area contributed by atoms with Crippen LogP contribution in [0.1, 0.15) is 33.6 Å². The highest BCUT2D eigenvalue weighted by molar-refractivity contribution is 5.77. The van der Waals surface area contributed by atoms with Crippen LogP contribution in [-0.2, 0) is 9.53 Å². The normalized spacial score (nSPS) is 24.9. The van der Waals surface area contributed by atoms with Gasteiger partial charge in [-0.3, -0.25) is 10.1 Å². The highest BCUT2D eigenvalue weighted by Gasteiger charge is 2.32. The maximum absolute atomic E-state index is 10.9. The lowest BCUT2D eigenvalue weighted by atomic mass is 10.0. The smallest absolute Gasteiger partial charge is 0.323 e. The average Bonchev–Trinajstić information content (AvgIpc) is 2.54. The number of aliphatic carboxylic acids is 1. The monoisotopic (exact) mass is 201 g/mol. The van der Waals surface area contributed by atoms with Crippen LogP contribution in [-0.4, -0.2) is 35.4 Å². The summed E-state index contributed by atoms with van der Waals surface area (Å²) >= 11 is 0. The van der Waals surface area contributed by atoms with Gasteiger partial charge in [0, 0.05) is 12.6 Å². The van der Waals surface area contributed by atoms with E-state index in [0.717, 1.165) is 19.4 Å². The lowest BCUT2D eigenvalue weighted by Gasteiger charge is -2.29. The maximum Gasteiger partial charge on any atom is 0.323 e. The highest BCUT2D eigenvalue weighted by Crippen LogP contribution is 2.17. The second kappa shape index (κ2) is 4.28. The molecule has 82 valence electrons. The third kappa shape index (κ3) is 2.69. The molecule has 0 radical (unpaired) electrons. The molecule has 0 aromatic carbocycles. The molecule has 1 rings (SSSR count). The molecule has 1 fully saturated rings. The number of hydrogen-bond donors (Lipinski definition) is 2. The lowest BCUT2D eigenvalue weighted by molar-refractivity contribution is -0.144. The number of carbonyl (C=O) groups is 1. The number of hydrogen-bond acceptors (Lipinski definition) is 3. The third-order valence-electron chi connectivity index (χ3n) is 2.65. The standard InChI is InChI=1S/C10H19NO3/c1-7(8-5-4-6-14-8)11-10(2,3)9(12)13/h7-8,11H,4-6H2,1-3H3,(H,12,13). The summed E-state index contributed by atoms with van der Waals surface area (Å²) in [6.07, 6.45) is 2.25. The van der Waals surface area contributed by atoms with Crippen molar-refractivity contribution in [3.8, 4) is 0 Å². The van der Waals surface area contributed by atoms with E-state index in [1.165, 1.54) is 0 Å². The molecule has 2 atom stereocenters. The minimum atomic E-state index is -0.884. The zero-order valence-corrected chi connectivity index (χ0v) is 9.04. The van der Waals surface area contributed by atoms with Gasteiger partial charge in [0.1, 0.15) is 5.54 Å². The van der Waals surface area contributed by atoms with Crippen molar-refractivity contribution >= 4 is 5.97 Å². The van der Waals surface area contributed by atoms with Crippen LogP contribution in [0.15, 0.2) is 0 Å². The summed E-state index contributed by atoms with van der Waals surface area (Å²) in [5.74, 6) is -0.831. The largest absolute Gasteiger partial charge is 0.480 e. The Morgan fingerprint density at radius 1 is 1.64 bits per heavy atom. The van der Waals surface area contributed by atoms with Crippen LogP contribution in [0.3, 0.4) is 0 Å². The molecule has 0 aromatic heterocycles. The molecule has 0 spiro atoms. The molecule has 1 saturated heterocycles. The lowest BCUT2D eigenvalue weighted by Crippen LogP contribution is -2.54. The van der Waals surface area contributed by atoms with E-state index < -0.39 is 11.5 Å². The molecule has 2 unspecified atom stereocenters. The molecule has 14 heavy (non-hydrogen) atoms. The third-order valence-corrected chi connectivity index (χ3v) is 2.65. The highest BCUT2D eigenvalue weighted by atomic mass is 16.5. The van der Waals surface area contributed by atoms with Gasteiger partial charge in [-0.25, -0.2) is 0 Å². The van der Waals surface area contributed by atoms with Crippen LogP contribution in [0.2, 0.25) is 0 Å². The van der Waals surface area contributed by atoms with Gasteiger partial charge in [-0.2, -0.15) is 0 Å². The molecule has 0 saturated carbocycles. The van der Waals surface area contributed by atoms with Gasteiger partial charge in [0.05, 0.1) is 6.10 Å². The molecule has 0 aliphatic carbocycles. The number of nitrogens with one attached hydrogen (secondary N) is 1. The van der Waals surface area contributed by atoms with E-state index in [1.54, 1.807) is 13.8 Å². The van der Waals surface area contributed by atoms with E-state index in [9.17, 15) is 4.79 Å². The molecule has 0 amide bonds. The summed E-state index contributed by atoms with van der Waals surface area (Å²) in [5.41, 5.74) is -0.884. The first-order valence-electron chi connectivity index (χ1n) is 5.06. The van der Waals surface area contributed by atoms with Crippen LogP contribution in [0.25, 0.3) is 0 Å². The van der Waals surface area contributed by atoms with Gasteiger partial charge in [0.15, 0.2) is 0 Å². The molecule has 4 nitrogen and oxygen atoms in total. The van der Waals surface area contributed by atoms with Crippen molar-refractivity contribution in [2.75, 3.05) is 6.61 Å². The molecule has 4 heteroatoms. The SMILES string of the molecule is CC(NC(C)(C)C(=O)O)C1CCCO1. The van der Waals surface area contributed by atoms with Crippen molar-refractivity contribution in [1.29, 1.82) is 0 Å². The van der Waals surface area contributed by atoms with E-state index in [2.05, 4.69) is 5.32 Å². The Balaban J connectivity index is 2.46. The Morgan fingerprint density at radius 2 is 2.29 bits per heavy atom.